The topological polar surface area (TPSA) is 74.8 Å². The van der Waals surface area contributed by atoms with E-state index in [2.05, 4.69) is 9.80 Å². The Morgan fingerprint density at radius 2 is 1.60 bits per heavy atom. The molecule has 0 radical (unpaired) electrons. The Labute approximate surface area is 125 Å². The van der Waals surface area contributed by atoms with Gasteiger partial charge in [0.15, 0.2) is 5.17 Å². The van der Waals surface area contributed by atoms with Gasteiger partial charge in [-0.15, -0.1) is 0 Å². The predicted molar refractivity (Wildman–Crippen MR) is 82.4 cm³/mol. The summed E-state index contributed by atoms with van der Waals surface area (Å²) in [5.74, 6) is 0. The first-order chi connectivity index (χ1) is 9.74. The van der Waals surface area contributed by atoms with E-state index in [1.54, 1.807) is 0 Å². The van der Waals surface area contributed by atoms with E-state index in [4.69, 9.17) is 20.6 Å². The second-order valence-electron chi connectivity index (χ2n) is 5.26. The molecule has 0 aliphatic carbocycles. The summed E-state index contributed by atoms with van der Waals surface area (Å²) in [6.07, 6.45) is 1.07. The van der Waals surface area contributed by atoms with E-state index in [-0.39, 0.29) is 5.17 Å². The zero-order valence-electron chi connectivity index (χ0n) is 12.1. The van der Waals surface area contributed by atoms with Crippen molar-refractivity contribution in [3.05, 3.63) is 0 Å². The standard InChI is InChI=1S/C13H26N4O2S/c14-13(15)20-12(11-17-5-9-19-10-6-17)1-2-16-3-7-18-8-4-16/h12H,1-11H2,(H3,14,15). The third kappa shape index (κ3) is 5.97. The first-order valence-corrected chi connectivity index (χ1v) is 8.23. The first-order valence-electron chi connectivity index (χ1n) is 7.35. The molecule has 2 fully saturated rings. The molecule has 0 amide bonds. The zero-order chi connectivity index (χ0) is 14.2. The molecule has 2 aliphatic rings. The molecule has 20 heavy (non-hydrogen) atoms. The summed E-state index contributed by atoms with van der Waals surface area (Å²) < 4.78 is 10.7. The van der Waals surface area contributed by atoms with E-state index in [1.165, 1.54) is 11.8 Å². The van der Waals surface area contributed by atoms with Crippen molar-refractivity contribution in [2.24, 2.45) is 5.73 Å². The number of nitrogens with one attached hydrogen (secondary N) is 1. The molecule has 3 N–H and O–H groups in total. The second-order valence-corrected chi connectivity index (χ2v) is 6.60. The SMILES string of the molecule is N=C(N)SC(CCN1CCOCC1)CN1CCOCC1. The van der Waals surface area contributed by atoms with Crippen LogP contribution in [0.2, 0.25) is 0 Å². The molecule has 2 saturated heterocycles. The summed E-state index contributed by atoms with van der Waals surface area (Å²) >= 11 is 1.50. The minimum absolute atomic E-state index is 0.227. The van der Waals surface area contributed by atoms with Crippen molar-refractivity contribution in [1.82, 2.24) is 9.80 Å². The summed E-state index contributed by atoms with van der Waals surface area (Å²) in [5.41, 5.74) is 5.58. The number of amidine groups is 1. The highest BCUT2D eigenvalue weighted by atomic mass is 32.2. The fourth-order valence-electron chi connectivity index (χ4n) is 2.59. The van der Waals surface area contributed by atoms with Crippen LogP contribution in [0.1, 0.15) is 6.42 Å². The van der Waals surface area contributed by atoms with Crippen molar-refractivity contribution in [2.75, 3.05) is 65.7 Å². The number of rotatable bonds is 6. The van der Waals surface area contributed by atoms with Crippen LogP contribution in [0.15, 0.2) is 0 Å². The average Bonchev–Trinajstić information content (AvgIpc) is 2.46. The lowest BCUT2D eigenvalue weighted by molar-refractivity contribution is 0.0315. The van der Waals surface area contributed by atoms with Crippen molar-refractivity contribution >= 4 is 16.9 Å². The van der Waals surface area contributed by atoms with E-state index < -0.39 is 0 Å². The van der Waals surface area contributed by atoms with Crippen LogP contribution in [0, 0.1) is 5.41 Å². The molecule has 6 nitrogen and oxygen atoms in total. The van der Waals surface area contributed by atoms with Gasteiger partial charge in [0, 0.05) is 38.0 Å². The molecule has 0 aromatic heterocycles. The molecular formula is C13H26N4O2S. The number of thioether (sulfide) groups is 1. The lowest BCUT2D eigenvalue weighted by atomic mass is 10.2. The summed E-state index contributed by atoms with van der Waals surface area (Å²) in [6.45, 7) is 9.42. The van der Waals surface area contributed by atoms with Crippen LogP contribution >= 0.6 is 11.8 Å². The largest absolute Gasteiger partial charge is 0.379 e. The van der Waals surface area contributed by atoms with E-state index >= 15 is 0 Å². The van der Waals surface area contributed by atoms with Gasteiger partial charge in [0.2, 0.25) is 0 Å². The van der Waals surface area contributed by atoms with Gasteiger partial charge in [-0.2, -0.15) is 0 Å². The predicted octanol–water partition coefficient (Wildman–Crippen LogP) is 0.0362. The molecule has 0 aromatic carbocycles. The van der Waals surface area contributed by atoms with E-state index in [0.29, 0.717) is 5.25 Å². The van der Waals surface area contributed by atoms with Crippen LogP contribution in [0.5, 0.6) is 0 Å². The smallest absolute Gasteiger partial charge is 0.151 e. The van der Waals surface area contributed by atoms with Crippen molar-refractivity contribution in [3.63, 3.8) is 0 Å². The minimum Gasteiger partial charge on any atom is -0.379 e. The molecule has 2 aliphatic heterocycles. The second kappa shape index (κ2) is 8.84. The Kier molecular flexibility index (Phi) is 7.09. The summed E-state index contributed by atoms with van der Waals surface area (Å²) in [4.78, 5) is 4.86. The Hall–Kier alpha value is -0.340. The number of nitrogens with two attached hydrogens (primary N) is 1. The highest BCUT2D eigenvalue weighted by Crippen LogP contribution is 2.17. The molecule has 2 rings (SSSR count). The Balaban J connectivity index is 1.74. The lowest BCUT2D eigenvalue weighted by Crippen LogP contribution is -2.42. The van der Waals surface area contributed by atoms with Gasteiger partial charge in [-0.05, 0) is 13.0 Å². The molecule has 1 unspecified atom stereocenters. The number of nitrogens with zero attached hydrogens (tertiary/aromatic N) is 2. The van der Waals surface area contributed by atoms with Gasteiger partial charge in [0.25, 0.3) is 0 Å². The van der Waals surface area contributed by atoms with Crippen LogP contribution < -0.4 is 5.73 Å². The van der Waals surface area contributed by atoms with E-state index in [9.17, 15) is 0 Å². The maximum atomic E-state index is 7.53. The maximum absolute atomic E-state index is 7.53. The number of hydrogen-bond donors (Lipinski definition) is 2. The Morgan fingerprint density at radius 1 is 1.05 bits per heavy atom. The van der Waals surface area contributed by atoms with Gasteiger partial charge in [-0.1, -0.05) is 11.8 Å². The molecule has 0 spiro atoms. The fraction of sp³-hybridized carbons (Fsp3) is 0.923. The summed E-state index contributed by atoms with van der Waals surface area (Å²) in [6, 6.07) is 0. The molecular weight excluding hydrogens is 276 g/mol. The molecule has 116 valence electrons. The number of ether oxygens (including phenoxy) is 2. The molecule has 7 heteroatoms. The first kappa shape index (κ1) is 16.0. The highest BCUT2D eigenvalue weighted by Gasteiger charge is 2.20. The van der Waals surface area contributed by atoms with E-state index in [1.807, 2.05) is 0 Å². The van der Waals surface area contributed by atoms with Crippen molar-refractivity contribution in [2.45, 2.75) is 11.7 Å². The van der Waals surface area contributed by atoms with Crippen LogP contribution in [0.3, 0.4) is 0 Å². The van der Waals surface area contributed by atoms with E-state index in [0.717, 1.165) is 72.1 Å². The van der Waals surface area contributed by atoms with Gasteiger partial charge in [0.05, 0.1) is 26.4 Å². The van der Waals surface area contributed by atoms with Crippen LogP contribution in [-0.2, 0) is 9.47 Å². The van der Waals surface area contributed by atoms with Gasteiger partial charge < -0.3 is 15.2 Å². The zero-order valence-corrected chi connectivity index (χ0v) is 12.9. The quantitative estimate of drug-likeness (QED) is 0.533. The fourth-order valence-corrected chi connectivity index (χ4v) is 3.46. The summed E-state index contributed by atoms with van der Waals surface area (Å²) in [7, 11) is 0. The van der Waals surface area contributed by atoms with Crippen molar-refractivity contribution < 1.29 is 9.47 Å². The van der Waals surface area contributed by atoms with Gasteiger partial charge in [-0.3, -0.25) is 15.2 Å². The van der Waals surface area contributed by atoms with Crippen LogP contribution in [0.25, 0.3) is 0 Å². The highest BCUT2D eigenvalue weighted by molar-refractivity contribution is 8.14. The van der Waals surface area contributed by atoms with Gasteiger partial charge >= 0.3 is 0 Å². The Morgan fingerprint density at radius 3 is 2.15 bits per heavy atom. The molecule has 0 bridgehead atoms. The normalized spacial score (nSPS) is 23.6. The van der Waals surface area contributed by atoms with Crippen LogP contribution in [0.4, 0.5) is 0 Å². The third-order valence-electron chi connectivity index (χ3n) is 3.73. The van der Waals surface area contributed by atoms with Crippen LogP contribution in [-0.4, -0.2) is 85.9 Å². The number of morpholine rings is 2. The lowest BCUT2D eigenvalue weighted by Gasteiger charge is -2.32. The maximum Gasteiger partial charge on any atom is 0.151 e. The van der Waals surface area contributed by atoms with Gasteiger partial charge in [-0.25, -0.2) is 0 Å². The van der Waals surface area contributed by atoms with Crippen molar-refractivity contribution in [1.29, 1.82) is 5.41 Å². The minimum atomic E-state index is 0.227. The molecule has 0 saturated carbocycles. The van der Waals surface area contributed by atoms with Crippen molar-refractivity contribution in [3.8, 4) is 0 Å². The number of hydrogen-bond acceptors (Lipinski definition) is 6. The Bertz CT molecular complexity index is 294. The summed E-state index contributed by atoms with van der Waals surface area (Å²) in [5, 5.41) is 8.15. The molecule has 0 aromatic rings. The van der Waals surface area contributed by atoms with Gasteiger partial charge in [0.1, 0.15) is 0 Å². The third-order valence-corrected chi connectivity index (χ3v) is 4.70. The average molecular weight is 302 g/mol. The monoisotopic (exact) mass is 302 g/mol. The molecule has 1 atom stereocenters. The molecule has 2 heterocycles.